The molecule has 14 heteroatoms. The minimum Gasteiger partial charge on any atom is -0.497 e. The largest absolute Gasteiger partial charge is 0.497 e. The van der Waals surface area contributed by atoms with E-state index in [1.54, 1.807) is 65.8 Å². The van der Waals surface area contributed by atoms with Crippen LogP contribution in [0, 0.1) is 11.3 Å². The molecule has 1 aromatic carbocycles. The number of carbonyl (C=O) groups excluding carboxylic acids is 4. The number of hydrogen-bond acceptors (Lipinski definition) is 9. The number of β-amino-alcohol motifs (C(OH)–C–C–N with tert-alkyl or cyclic N) is 1. The molecule has 0 spiro atoms. The van der Waals surface area contributed by atoms with Crippen LogP contribution < -0.4 is 20.1 Å². The lowest BCUT2D eigenvalue weighted by molar-refractivity contribution is -0.143. The molecule has 4 N–H and O–H groups in total. The van der Waals surface area contributed by atoms with Crippen molar-refractivity contribution in [3.8, 4) is 5.75 Å². The van der Waals surface area contributed by atoms with Crippen molar-refractivity contribution in [2.75, 3.05) is 13.7 Å². The summed E-state index contributed by atoms with van der Waals surface area (Å²) in [6, 6.07) is 4.15. The van der Waals surface area contributed by atoms with Crippen LogP contribution in [-0.4, -0.2) is 84.4 Å². The topological polar surface area (TPSA) is 180 Å². The van der Waals surface area contributed by atoms with Gasteiger partial charge in [-0.1, -0.05) is 39.0 Å². The van der Waals surface area contributed by atoms with Gasteiger partial charge in [0, 0.05) is 12.3 Å². The number of likely N-dealkylation sites (tertiary alicyclic amines) is 1. The highest BCUT2D eigenvalue weighted by Gasteiger charge is 2.62. The molecule has 0 unspecified atom stereocenters. The number of ether oxygens (including phenoxy) is 2. The van der Waals surface area contributed by atoms with E-state index < -0.39 is 79.2 Å². The quantitative estimate of drug-likeness (QED) is 0.273. The van der Waals surface area contributed by atoms with Crippen LogP contribution in [0.15, 0.2) is 36.9 Å². The molecule has 1 aliphatic heterocycles. The van der Waals surface area contributed by atoms with Gasteiger partial charge in [0.15, 0.2) is 0 Å². The molecule has 1 aromatic rings. The van der Waals surface area contributed by atoms with Gasteiger partial charge in [0.05, 0.1) is 18.9 Å². The van der Waals surface area contributed by atoms with Crippen LogP contribution in [-0.2, 0) is 34.7 Å². The van der Waals surface area contributed by atoms with E-state index >= 15 is 0 Å². The Morgan fingerprint density at radius 2 is 1.76 bits per heavy atom. The second kappa shape index (κ2) is 12.2. The summed E-state index contributed by atoms with van der Waals surface area (Å²) in [4.78, 5) is 55.8. The van der Waals surface area contributed by atoms with Crippen LogP contribution in [0.2, 0.25) is 0 Å². The van der Waals surface area contributed by atoms with Gasteiger partial charge in [0.25, 0.3) is 5.91 Å². The fourth-order valence-electron chi connectivity index (χ4n) is 5.73. The summed E-state index contributed by atoms with van der Waals surface area (Å²) in [6.07, 6.45) is 1.39. The lowest BCUT2D eigenvalue weighted by atomic mass is 9.85. The SMILES string of the molecule is C=C[C@@H]1C[C@]1(NC(=O)[C@@H]1C[C@@](O)(c2cccc(OC)c2)CN1C(=O)[C@@H](NC(=O)OC(C)(C)C)C(C)(C)C)C(=O)NS(=O)(=O)C1CC1. The second-order valence-electron chi connectivity index (χ2n) is 14.6. The van der Waals surface area contributed by atoms with Gasteiger partial charge in [-0.15, -0.1) is 6.58 Å². The molecule has 3 aliphatic rings. The van der Waals surface area contributed by atoms with Gasteiger partial charge < -0.3 is 30.1 Å². The van der Waals surface area contributed by atoms with Crippen LogP contribution in [0.25, 0.3) is 0 Å². The van der Waals surface area contributed by atoms with Crippen molar-refractivity contribution in [3.05, 3.63) is 42.5 Å². The number of benzene rings is 1. The van der Waals surface area contributed by atoms with Crippen molar-refractivity contribution in [2.24, 2.45) is 11.3 Å². The smallest absolute Gasteiger partial charge is 0.408 e. The molecule has 4 rings (SSSR count). The van der Waals surface area contributed by atoms with Crippen molar-refractivity contribution >= 4 is 33.8 Å². The van der Waals surface area contributed by atoms with E-state index in [2.05, 4.69) is 21.9 Å². The van der Waals surface area contributed by atoms with Crippen molar-refractivity contribution < 1.29 is 42.2 Å². The van der Waals surface area contributed by atoms with Crippen LogP contribution in [0.1, 0.15) is 72.8 Å². The molecule has 0 radical (unpaired) electrons. The first-order valence-corrected chi connectivity index (χ1v) is 16.9. The second-order valence-corrected chi connectivity index (χ2v) is 16.5. The van der Waals surface area contributed by atoms with E-state index in [9.17, 15) is 32.7 Å². The number of amides is 4. The molecule has 1 heterocycles. The van der Waals surface area contributed by atoms with E-state index in [0.29, 0.717) is 24.2 Å². The minimum absolute atomic E-state index is 0.111. The zero-order valence-electron chi connectivity index (χ0n) is 27.5. The van der Waals surface area contributed by atoms with Crippen LogP contribution in [0.3, 0.4) is 0 Å². The summed E-state index contributed by atoms with van der Waals surface area (Å²) in [7, 11) is -2.44. The number of methoxy groups -OCH3 is 1. The summed E-state index contributed by atoms with van der Waals surface area (Å²) in [5.74, 6) is -2.39. The molecule has 46 heavy (non-hydrogen) atoms. The molecule has 2 saturated carbocycles. The van der Waals surface area contributed by atoms with Gasteiger partial charge in [-0.3, -0.25) is 19.1 Å². The van der Waals surface area contributed by atoms with Crippen molar-refractivity contribution in [2.45, 2.75) is 101 Å². The minimum atomic E-state index is -3.91. The normalized spacial score (nSPS) is 26.8. The van der Waals surface area contributed by atoms with Crippen molar-refractivity contribution in [1.82, 2.24) is 20.3 Å². The molecule has 13 nitrogen and oxygen atoms in total. The van der Waals surface area contributed by atoms with Gasteiger partial charge in [-0.2, -0.15) is 0 Å². The Hall–Kier alpha value is -3.65. The number of rotatable bonds is 10. The zero-order valence-corrected chi connectivity index (χ0v) is 28.3. The third-order valence-corrected chi connectivity index (χ3v) is 10.4. The van der Waals surface area contributed by atoms with Crippen LogP contribution in [0.5, 0.6) is 5.75 Å². The van der Waals surface area contributed by atoms with E-state index in [1.807, 2.05) is 0 Å². The number of hydrogen-bond donors (Lipinski definition) is 4. The first-order valence-electron chi connectivity index (χ1n) is 15.3. The first kappa shape index (κ1) is 35.2. The van der Waals surface area contributed by atoms with Gasteiger partial charge in [0.1, 0.15) is 34.6 Å². The van der Waals surface area contributed by atoms with Gasteiger partial charge >= 0.3 is 6.09 Å². The molecule has 4 amide bonds. The van der Waals surface area contributed by atoms with E-state index in [0.717, 1.165) is 0 Å². The number of alkyl carbamates (subject to hydrolysis) is 1. The Bertz CT molecular complexity index is 1510. The fourth-order valence-corrected chi connectivity index (χ4v) is 7.10. The van der Waals surface area contributed by atoms with Crippen molar-refractivity contribution in [3.63, 3.8) is 0 Å². The Balaban J connectivity index is 1.68. The average Bonchev–Trinajstić information content (AvgIpc) is 3.87. The summed E-state index contributed by atoms with van der Waals surface area (Å²) < 4.78 is 38.0. The maximum absolute atomic E-state index is 14.3. The molecule has 5 atom stereocenters. The number of nitrogens with one attached hydrogen (secondary N) is 3. The summed E-state index contributed by atoms with van der Waals surface area (Å²) in [5.41, 5.74) is -4.61. The Morgan fingerprint density at radius 3 is 2.28 bits per heavy atom. The Kier molecular flexibility index (Phi) is 9.32. The highest BCUT2D eigenvalue weighted by molar-refractivity contribution is 7.91. The highest BCUT2D eigenvalue weighted by atomic mass is 32.2. The number of aliphatic hydroxyl groups is 1. The molecule has 0 aromatic heterocycles. The molecule has 3 fully saturated rings. The van der Waals surface area contributed by atoms with Crippen LogP contribution in [0.4, 0.5) is 4.79 Å². The molecule has 0 bridgehead atoms. The van der Waals surface area contributed by atoms with E-state index in [1.165, 1.54) is 18.1 Å². The third kappa shape index (κ3) is 7.49. The predicted octanol–water partition coefficient (Wildman–Crippen LogP) is 2.09. The van der Waals surface area contributed by atoms with E-state index in [-0.39, 0.29) is 19.4 Å². The summed E-state index contributed by atoms with van der Waals surface area (Å²) in [5, 5.41) is 16.7. The first-order chi connectivity index (χ1) is 21.2. The molecular weight excluding hydrogens is 616 g/mol. The summed E-state index contributed by atoms with van der Waals surface area (Å²) >= 11 is 0. The Labute approximate surface area is 270 Å². The molecule has 254 valence electrons. The maximum atomic E-state index is 14.3. The zero-order chi connectivity index (χ0) is 34.5. The summed E-state index contributed by atoms with van der Waals surface area (Å²) in [6.45, 7) is 13.7. The highest BCUT2D eigenvalue weighted by Crippen LogP contribution is 2.46. The Morgan fingerprint density at radius 1 is 1.11 bits per heavy atom. The molecule has 2 aliphatic carbocycles. The lowest BCUT2D eigenvalue weighted by Crippen LogP contribution is -2.60. The number of sulfonamides is 1. The van der Waals surface area contributed by atoms with Gasteiger partial charge in [-0.25, -0.2) is 13.2 Å². The molecular formula is C32H46N4O9S. The average molecular weight is 663 g/mol. The standard InChI is InChI=1S/C32H46N4O9S/c1-9-19-16-32(19,27(39)35-46(42,43)22-13-14-22)34-25(37)23-17-31(41,20-11-10-12-21(15-20)44-8)18-36(23)26(38)24(29(2,3)4)33-28(40)45-30(5,6)7/h9-12,15,19,22-24,41H,1,13-14,16-18H2,2-8H3,(H,33,40)(H,34,37)(H,35,39)/t19-,23+,24-,31+,32-/m1/s1. The number of carbonyl (C=O) groups is 4. The maximum Gasteiger partial charge on any atom is 0.408 e. The monoisotopic (exact) mass is 662 g/mol. The van der Waals surface area contributed by atoms with Gasteiger partial charge in [0.2, 0.25) is 21.8 Å². The fraction of sp³-hybridized carbons (Fsp3) is 0.625. The lowest BCUT2D eigenvalue weighted by Gasteiger charge is -2.36. The third-order valence-electron chi connectivity index (χ3n) is 8.55. The van der Waals surface area contributed by atoms with Gasteiger partial charge in [-0.05, 0) is 63.1 Å². The van der Waals surface area contributed by atoms with Crippen molar-refractivity contribution in [1.29, 1.82) is 0 Å². The van der Waals surface area contributed by atoms with Crippen LogP contribution >= 0.6 is 0 Å². The van der Waals surface area contributed by atoms with E-state index in [4.69, 9.17) is 9.47 Å². The predicted molar refractivity (Wildman–Crippen MR) is 169 cm³/mol. The number of nitrogens with zero attached hydrogens (tertiary/aromatic N) is 1. The molecule has 1 saturated heterocycles.